The van der Waals surface area contributed by atoms with E-state index in [1.54, 1.807) is 11.4 Å². The van der Waals surface area contributed by atoms with Crippen molar-refractivity contribution in [2.75, 3.05) is 10.2 Å². The molecule has 3 aromatic rings. The van der Waals surface area contributed by atoms with Gasteiger partial charge in [-0.25, -0.2) is 15.0 Å². The summed E-state index contributed by atoms with van der Waals surface area (Å²) < 4.78 is 0. The maximum Gasteiger partial charge on any atom is 0.295 e. The number of aromatic nitrogens is 3. The van der Waals surface area contributed by atoms with Crippen LogP contribution in [-0.2, 0) is 17.6 Å². The first-order valence-electron chi connectivity index (χ1n) is 8.54. The molecule has 3 heterocycles. The maximum atomic E-state index is 12.8. The first-order valence-corrected chi connectivity index (χ1v) is 9.42. The molecular formula is C19H17N5O2S. The highest BCUT2D eigenvalue weighted by molar-refractivity contribution is 7.14. The van der Waals surface area contributed by atoms with Crippen molar-refractivity contribution < 1.29 is 9.59 Å². The average Bonchev–Trinajstić information content (AvgIpc) is 3.25. The van der Waals surface area contributed by atoms with Crippen LogP contribution in [0, 0.1) is 0 Å². The largest absolute Gasteiger partial charge is 0.309 e. The van der Waals surface area contributed by atoms with Gasteiger partial charge in [-0.3, -0.25) is 14.9 Å². The molecule has 0 radical (unpaired) electrons. The van der Waals surface area contributed by atoms with Gasteiger partial charge in [0, 0.05) is 29.5 Å². The zero-order valence-corrected chi connectivity index (χ0v) is 15.4. The first kappa shape index (κ1) is 17.3. The molecule has 2 aromatic heterocycles. The third-order valence-corrected chi connectivity index (χ3v) is 5.16. The lowest BCUT2D eigenvalue weighted by Gasteiger charge is -2.22. The van der Waals surface area contributed by atoms with Crippen molar-refractivity contribution in [1.82, 2.24) is 15.0 Å². The molecule has 0 bridgehead atoms. The van der Waals surface area contributed by atoms with Crippen molar-refractivity contribution in [1.29, 1.82) is 0 Å². The zero-order chi connectivity index (χ0) is 18.8. The van der Waals surface area contributed by atoms with Gasteiger partial charge >= 0.3 is 0 Å². The molecule has 4 rings (SSSR count). The van der Waals surface area contributed by atoms with Crippen molar-refractivity contribution in [3.63, 3.8) is 0 Å². The number of hydrogen-bond donors (Lipinski definition) is 1. The van der Waals surface area contributed by atoms with Gasteiger partial charge in [0.15, 0.2) is 5.13 Å². The summed E-state index contributed by atoms with van der Waals surface area (Å²) in [4.78, 5) is 38.9. The number of anilines is 2. The summed E-state index contributed by atoms with van der Waals surface area (Å²) in [6.07, 6.45) is 4.05. The Morgan fingerprint density at radius 3 is 2.81 bits per heavy atom. The van der Waals surface area contributed by atoms with E-state index in [1.807, 2.05) is 30.0 Å². The smallest absolute Gasteiger partial charge is 0.295 e. The molecule has 1 aliphatic heterocycles. The van der Waals surface area contributed by atoms with Gasteiger partial charge < -0.3 is 4.90 Å². The predicted molar refractivity (Wildman–Crippen MR) is 103 cm³/mol. The molecule has 0 saturated heterocycles. The van der Waals surface area contributed by atoms with Crippen LogP contribution in [0.15, 0.2) is 48.1 Å². The number of thiazole rings is 1. The first-order chi connectivity index (χ1) is 13.1. The van der Waals surface area contributed by atoms with E-state index >= 15 is 0 Å². The SMILES string of the molecule is C[C@H]1Cc2ccccc2N1C(=O)Cc1csc(NC(=O)c2ncccn2)n1. The van der Waals surface area contributed by atoms with E-state index in [4.69, 9.17) is 0 Å². The monoisotopic (exact) mass is 379 g/mol. The van der Waals surface area contributed by atoms with Crippen LogP contribution in [0.2, 0.25) is 0 Å². The van der Waals surface area contributed by atoms with Crippen LogP contribution in [0.1, 0.15) is 28.8 Å². The summed E-state index contributed by atoms with van der Waals surface area (Å²) >= 11 is 1.27. The van der Waals surface area contributed by atoms with Crippen LogP contribution < -0.4 is 10.2 Å². The Kier molecular flexibility index (Phi) is 4.64. The Morgan fingerprint density at radius 1 is 1.22 bits per heavy atom. The molecule has 1 N–H and O–H groups in total. The minimum atomic E-state index is -0.426. The molecule has 1 atom stereocenters. The lowest BCUT2D eigenvalue weighted by Crippen LogP contribution is -2.36. The normalized spacial score (nSPS) is 15.4. The molecule has 27 heavy (non-hydrogen) atoms. The lowest BCUT2D eigenvalue weighted by molar-refractivity contribution is -0.118. The number of nitrogens with zero attached hydrogens (tertiary/aromatic N) is 4. The Labute approximate surface area is 160 Å². The van der Waals surface area contributed by atoms with Crippen molar-refractivity contribution >= 4 is 34.0 Å². The maximum absolute atomic E-state index is 12.8. The van der Waals surface area contributed by atoms with Gasteiger partial charge in [-0.15, -0.1) is 11.3 Å². The number of nitrogens with one attached hydrogen (secondary N) is 1. The summed E-state index contributed by atoms with van der Waals surface area (Å²) in [5.74, 6) is -0.347. The van der Waals surface area contributed by atoms with Crippen LogP contribution in [0.4, 0.5) is 10.8 Å². The average molecular weight is 379 g/mol. The number of hydrogen-bond acceptors (Lipinski definition) is 6. The van der Waals surface area contributed by atoms with Gasteiger partial charge in [0.1, 0.15) is 0 Å². The zero-order valence-electron chi connectivity index (χ0n) is 14.6. The number of rotatable bonds is 4. The van der Waals surface area contributed by atoms with Crippen molar-refractivity contribution in [3.8, 4) is 0 Å². The van der Waals surface area contributed by atoms with Crippen LogP contribution in [0.25, 0.3) is 0 Å². The molecule has 0 fully saturated rings. The fourth-order valence-electron chi connectivity index (χ4n) is 3.20. The molecule has 0 unspecified atom stereocenters. The van der Waals surface area contributed by atoms with Crippen LogP contribution in [-0.4, -0.2) is 32.8 Å². The number of para-hydroxylation sites is 1. The van der Waals surface area contributed by atoms with E-state index in [0.717, 1.165) is 12.1 Å². The number of fused-ring (bicyclic) bond motifs is 1. The molecule has 8 heteroatoms. The standard InChI is InChI=1S/C19H17N5O2S/c1-12-9-13-5-2-3-6-15(13)24(12)16(25)10-14-11-27-19(22-14)23-18(26)17-20-7-4-8-21-17/h2-8,11-12H,9-10H2,1H3,(H,22,23,26)/t12-/m0/s1. The van der Waals surface area contributed by atoms with Gasteiger partial charge in [0.2, 0.25) is 11.7 Å². The number of benzene rings is 1. The van der Waals surface area contributed by atoms with Gasteiger partial charge in [-0.1, -0.05) is 18.2 Å². The van der Waals surface area contributed by atoms with Crippen LogP contribution in [0.5, 0.6) is 0 Å². The molecule has 0 saturated carbocycles. The molecule has 7 nitrogen and oxygen atoms in total. The minimum Gasteiger partial charge on any atom is -0.309 e. The van der Waals surface area contributed by atoms with Crippen molar-refractivity contribution in [2.45, 2.75) is 25.8 Å². The van der Waals surface area contributed by atoms with Gasteiger partial charge in [-0.05, 0) is 31.0 Å². The molecule has 136 valence electrons. The molecule has 1 aliphatic rings. The summed E-state index contributed by atoms with van der Waals surface area (Å²) in [5.41, 5.74) is 2.79. The molecule has 0 spiro atoms. The summed E-state index contributed by atoms with van der Waals surface area (Å²) in [6, 6.07) is 9.74. The second kappa shape index (κ2) is 7.24. The quantitative estimate of drug-likeness (QED) is 0.753. The number of amides is 2. The van der Waals surface area contributed by atoms with E-state index in [-0.39, 0.29) is 24.2 Å². The van der Waals surface area contributed by atoms with E-state index in [2.05, 4.69) is 26.3 Å². The van der Waals surface area contributed by atoms with E-state index in [1.165, 1.54) is 29.3 Å². The van der Waals surface area contributed by atoms with Crippen molar-refractivity contribution in [2.24, 2.45) is 0 Å². The second-order valence-electron chi connectivity index (χ2n) is 6.29. The number of carbonyl (C=O) groups is 2. The molecular weight excluding hydrogens is 362 g/mol. The topological polar surface area (TPSA) is 88.1 Å². The Balaban J connectivity index is 1.44. The number of carbonyl (C=O) groups excluding carboxylic acids is 2. The Hall–Kier alpha value is -3.13. The van der Waals surface area contributed by atoms with Gasteiger partial charge in [0.05, 0.1) is 12.1 Å². The molecule has 1 aromatic carbocycles. The minimum absolute atomic E-state index is 0.00187. The fraction of sp³-hybridized carbons (Fsp3) is 0.211. The third-order valence-electron chi connectivity index (χ3n) is 4.35. The molecule has 2 amide bonds. The van der Waals surface area contributed by atoms with Gasteiger partial charge in [-0.2, -0.15) is 0 Å². The Morgan fingerprint density at radius 2 is 2.00 bits per heavy atom. The van der Waals surface area contributed by atoms with E-state index in [0.29, 0.717) is 10.8 Å². The summed E-state index contributed by atoms with van der Waals surface area (Å²) in [6.45, 7) is 2.05. The van der Waals surface area contributed by atoms with E-state index in [9.17, 15) is 9.59 Å². The van der Waals surface area contributed by atoms with E-state index < -0.39 is 5.91 Å². The van der Waals surface area contributed by atoms with Crippen molar-refractivity contribution in [3.05, 3.63) is 65.2 Å². The van der Waals surface area contributed by atoms with Crippen LogP contribution in [0.3, 0.4) is 0 Å². The molecule has 0 aliphatic carbocycles. The second-order valence-corrected chi connectivity index (χ2v) is 7.15. The highest BCUT2D eigenvalue weighted by Gasteiger charge is 2.30. The van der Waals surface area contributed by atoms with Crippen LogP contribution >= 0.6 is 11.3 Å². The summed E-state index contributed by atoms with van der Waals surface area (Å²) in [7, 11) is 0. The summed E-state index contributed by atoms with van der Waals surface area (Å²) in [5, 5.41) is 4.87. The lowest BCUT2D eigenvalue weighted by atomic mass is 10.1. The highest BCUT2D eigenvalue weighted by atomic mass is 32.1. The predicted octanol–water partition coefficient (Wildman–Crippen LogP) is 2.71. The Bertz CT molecular complexity index is 989. The third kappa shape index (κ3) is 3.56. The fourth-order valence-corrected chi connectivity index (χ4v) is 3.91. The highest BCUT2D eigenvalue weighted by Crippen LogP contribution is 2.32. The van der Waals surface area contributed by atoms with Gasteiger partial charge in [0.25, 0.3) is 5.91 Å².